The number of hydrogen-bond acceptors (Lipinski definition) is 2. The fourth-order valence-corrected chi connectivity index (χ4v) is 1.57. The molecule has 0 atom stereocenters. The second-order valence-electron chi connectivity index (χ2n) is 3.91. The molecule has 1 aliphatic heterocycles. The summed E-state index contributed by atoms with van der Waals surface area (Å²) in [6, 6.07) is 0. The lowest BCUT2D eigenvalue weighted by Gasteiger charge is -2.06. The van der Waals surface area contributed by atoms with Gasteiger partial charge in [-0.3, -0.25) is 14.9 Å². The van der Waals surface area contributed by atoms with Gasteiger partial charge in [-0.1, -0.05) is 19.4 Å². The van der Waals surface area contributed by atoms with Crippen molar-refractivity contribution >= 4 is 11.8 Å². The van der Waals surface area contributed by atoms with Crippen LogP contribution in [0.15, 0.2) is 11.1 Å². The summed E-state index contributed by atoms with van der Waals surface area (Å²) in [5.74, 6) is 0.141. The lowest BCUT2D eigenvalue weighted by Crippen LogP contribution is -2.19. The summed E-state index contributed by atoms with van der Waals surface area (Å²) in [6.45, 7) is 6.12. The number of hydrogen-bond donors (Lipinski definition) is 1. The Hall–Kier alpha value is -1.12. The number of nitrogens with one attached hydrogen (secondary N) is 1. The van der Waals surface area contributed by atoms with E-state index < -0.39 is 0 Å². The highest BCUT2D eigenvalue weighted by Gasteiger charge is 2.25. The Morgan fingerprint density at radius 3 is 2.46 bits per heavy atom. The van der Waals surface area contributed by atoms with Crippen molar-refractivity contribution in [1.82, 2.24) is 5.32 Å². The molecule has 1 heterocycles. The summed E-state index contributed by atoms with van der Waals surface area (Å²) in [5, 5.41) is 2.29. The van der Waals surface area contributed by atoms with Gasteiger partial charge in [0.1, 0.15) is 0 Å². The highest BCUT2D eigenvalue weighted by atomic mass is 16.2. The lowest BCUT2D eigenvalue weighted by atomic mass is 9.99. The van der Waals surface area contributed by atoms with Crippen molar-refractivity contribution in [3.05, 3.63) is 11.1 Å². The van der Waals surface area contributed by atoms with Crippen molar-refractivity contribution in [2.24, 2.45) is 5.92 Å². The van der Waals surface area contributed by atoms with Gasteiger partial charge in [-0.05, 0) is 19.3 Å². The minimum absolute atomic E-state index is 0.178. The molecule has 1 saturated heterocycles. The first-order valence-corrected chi connectivity index (χ1v) is 4.53. The number of carbonyl (C=O) groups excluding carboxylic acids is 2. The third-order valence-corrected chi connectivity index (χ3v) is 2.09. The molecule has 2 amide bonds. The molecule has 1 N–H and O–H groups in total. The second kappa shape index (κ2) is 3.73. The molecule has 0 unspecified atom stereocenters. The van der Waals surface area contributed by atoms with E-state index in [2.05, 4.69) is 19.2 Å². The van der Waals surface area contributed by atoms with Gasteiger partial charge in [0.25, 0.3) is 5.91 Å². The van der Waals surface area contributed by atoms with Gasteiger partial charge in [-0.15, -0.1) is 0 Å². The van der Waals surface area contributed by atoms with Crippen LogP contribution in [0, 0.1) is 5.92 Å². The van der Waals surface area contributed by atoms with E-state index >= 15 is 0 Å². The van der Waals surface area contributed by atoms with E-state index in [9.17, 15) is 9.59 Å². The van der Waals surface area contributed by atoms with Gasteiger partial charge in [0, 0.05) is 5.57 Å². The number of carbonyl (C=O) groups is 2. The minimum atomic E-state index is -0.205. The maximum Gasteiger partial charge on any atom is 0.254 e. The predicted octanol–water partition coefficient (Wildman–Crippen LogP) is 1.40. The van der Waals surface area contributed by atoms with Crippen LogP contribution in [0.5, 0.6) is 0 Å². The lowest BCUT2D eigenvalue weighted by molar-refractivity contribution is -0.124. The van der Waals surface area contributed by atoms with Gasteiger partial charge >= 0.3 is 0 Å². The molecule has 0 spiro atoms. The SMILES string of the molecule is C/C(CC(C)C)=C1\CC(=O)NC1=O. The van der Waals surface area contributed by atoms with E-state index in [1.54, 1.807) is 0 Å². The summed E-state index contributed by atoms with van der Waals surface area (Å²) in [4.78, 5) is 22.1. The van der Waals surface area contributed by atoms with Crippen LogP contribution in [0.1, 0.15) is 33.6 Å². The molecule has 1 fully saturated rings. The molecule has 0 aromatic rings. The fraction of sp³-hybridized carbons (Fsp3) is 0.600. The van der Waals surface area contributed by atoms with Gasteiger partial charge in [0.05, 0.1) is 6.42 Å². The van der Waals surface area contributed by atoms with E-state index in [4.69, 9.17) is 0 Å². The van der Waals surface area contributed by atoms with Crippen molar-refractivity contribution < 1.29 is 9.59 Å². The molecule has 3 nitrogen and oxygen atoms in total. The molecule has 0 aromatic heterocycles. The van der Waals surface area contributed by atoms with Gasteiger partial charge in [-0.25, -0.2) is 0 Å². The van der Waals surface area contributed by atoms with E-state index in [1.165, 1.54) is 0 Å². The Balaban J connectivity index is 2.79. The van der Waals surface area contributed by atoms with E-state index in [0.29, 0.717) is 11.5 Å². The molecule has 72 valence electrons. The molecule has 1 aliphatic rings. The molecule has 3 heteroatoms. The summed E-state index contributed by atoms with van der Waals surface area (Å²) >= 11 is 0. The van der Waals surface area contributed by atoms with Crippen molar-refractivity contribution in [1.29, 1.82) is 0 Å². The average Bonchev–Trinajstić information content (AvgIpc) is 2.28. The van der Waals surface area contributed by atoms with Gasteiger partial charge in [-0.2, -0.15) is 0 Å². The van der Waals surface area contributed by atoms with Crippen LogP contribution < -0.4 is 5.32 Å². The smallest absolute Gasteiger partial charge is 0.254 e. The summed E-state index contributed by atoms with van der Waals surface area (Å²) in [5.41, 5.74) is 1.71. The Bertz CT molecular complexity index is 277. The Labute approximate surface area is 78.2 Å². The summed E-state index contributed by atoms with van der Waals surface area (Å²) in [7, 11) is 0. The van der Waals surface area contributed by atoms with Crippen LogP contribution in [0.25, 0.3) is 0 Å². The van der Waals surface area contributed by atoms with Crippen LogP contribution in [0.2, 0.25) is 0 Å². The number of amides is 2. The van der Waals surface area contributed by atoms with Crippen molar-refractivity contribution in [3.8, 4) is 0 Å². The quantitative estimate of drug-likeness (QED) is 0.517. The normalized spacial score (nSPS) is 20.9. The highest BCUT2D eigenvalue weighted by Crippen LogP contribution is 2.20. The molecule has 1 rings (SSSR count). The van der Waals surface area contributed by atoms with Gasteiger partial charge < -0.3 is 0 Å². The largest absolute Gasteiger partial charge is 0.292 e. The van der Waals surface area contributed by atoms with Crippen molar-refractivity contribution in [3.63, 3.8) is 0 Å². The van der Waals surface area contributed by atoms with Crippen LogP contribution in [-0.2, 0) is 9.59 Å². The standard InChI is InChI=1S/C10H15NO2/c1-6(2)4-7(3)8-5-9(12)11-10(8)13/h6H,4-5H2,1-3H3,(H,11,12,13)/b8-7-. The number of imide groups is 1. The van der Waals surface area contributed by atoms with Crippen LogP contribution in [-0.4, -0.2) is 11.8 Å². The van der Waals surface area contributed by atoms with Crippen molar-refractivity contribution in [2.75, 3.05) is 0 Å². The predicted molar refractivity (Wildman–Crippen MR) is 49.9 cm³/mol. The van der Waals surface area contributed by atoms with Crippen molar-refractivity contribution in [2.45, 2.75) is 33.6 Å². The van der Waals surface area contributed by atoms with Crippen LogP contribution in [0.4, 0.5) is 0 Å². The first-order chi connectivity index (χ1) is 6.00. The third-order valence-electron chi connectivity index (χ3n) is 2.09. The molecule has 0 aliphatic carbocycles. The van der Waals surface area contributed by atoms with E-state index in [1.807, 2.05) is 6.92 Å². The molecule has 0 aromatic carbocycles. The molecular formula is C10H15NO2. The van der Waals surface area contributed by atoms with E-state index in [0.717, 1.165) is 12.0 Å². The zero-order valence-electron chi connectivity index (χ0n) is 8.31. The molecule has 0 bridgehead atoms. The maximum absolute atomic E-state index is 11.2. The number of rotatable bonds is 2. The highest BCUT2D eigenvalue weighted by molar-refractivity contribution is 6.13. The minimum Gasteiger partial charge on any atom is -0.292 e. The zero-order chi connectivity index (χ0) is 10.0. The molecule has 0 radical (unpaired) electrons. The van der Waals surface area contributed by atoms with E-state index in [-0.39, 0.29) is 18.2 Å². The maximum atomic E-state index is 11.2. The molecular weight excluding hydrogens is 166 g/mol. The van der Waals surface area contributed by atoms with Gasteiger partial charge in [0.2, 0.25) is 5.91 Å². The average molecular weight is 181 g/mol. The summed E-state index contributed by atoms with van der Waals surface area (Å²) < 4.78 is 0. The zero-order valence-corrected chi connectivity index (χ0v) is 8.31. The topological polar surface area (TPSA) is 46.2 Å². The Kier molecular flexibility index (Phi) is 2.86. The molecule has 13 heavy (non-hydrogen) atoms. The van der Waals surface area contributed by atoms with Gasteiger partial charge in [0.15, 0.2) is 0 Å². The Morgan fingerprint density at radius 1 is 1.46 bits per heavy atom. The Morgan fingerprint density at radius 2 is 2.08 bits per heavy atom. The monoisotopic (exact) mass is 181 g/mol. The summed E-state index contributed by atoms with van der Waals surface area (Å²) in [6.07, 6.45) is 1.15. The van der Waals surface area contributed by atoms with Crippen LogP contribution in [0.3, 0.4) is 0 Å². The van der Waals surface area contributed by atoms with Crippen LogP contribution >= 0.6 is 0 Å². The second-order valence-corrected chi connectivity index (χ2v) is 3.91. The first-order valence-electron chi connectivity index (χ1n) is 4.53. The molecule has 0 saturated carbocycles. The number of allylic oxidation sites excluding steroid dienone is 1. The third kappa shape index (κ3) is 2.41. The fourth-order valence-electron chi connectivity index (χ4n) is 1.57. The first kappa shape index (κ1) is 9.96.